The van der Waals surface area contributed by atoms with E-state index in [0.29, 0.717) is 5.69 Å². The number of rotatable bonds is 6. The van der Waals surface area contributed by atoms with Gasteiger partial charge in [0.15, 0.2) is 0 Å². The molecule has 2 aromatic rings. The van der Waals surface area contributed by atoms with Crippen LogP contribution in [0.2, 0.25) is 0 Å². The monoisotopic (exact) mass is 436 g/mol. The molecule has 1 saturated heterocycles. The van der Waals surface area contributed by atoms with Gasteiger partial charge >= 0.3 is 5.97 Å². The first-order valence-corrected chi connectivity index (χ1v) is 12.0. The second-order valence-electron chi connectivity index (χ2n) is 7.42. The van der Waals surface area contributed by atoms with Gasteiger partial charge in [-0.1, -0.05) is 29.8 Å². The van der Waals surface area contributed by atoms with E-state index < -0.39 is 21.3 Å². The van der Waals surface area contributed by atoms with Crippen molar-refractivity contribution in [3.8, 4) is 10.6 Å². The van der Waals surface area contributed by atoms with Crippen molar-refractivity contribution in [1.82, 2.24) is 10.3 Å². The zero-order valence-corrected chi connectivity index (χ0v) is 18.1. The normalized spacial score (nSPS) is 17.4. The summed E-state index contributed by atoms with van der Waals surface area (Å²) < 4.78 is 28.3. The summed E-state index contributed by atoms with van der Waals surface area (Å²) in [5.41, 5.74) is 1.90. The molecule has 9 heteroatoms. The number of nitrogens with one attached hydrogen (secondary N) is 1. The van der Waals surface area contributed by atoms with Gasteiger partial charge in [0.05, 0.1) is 42.7 Å². The van der Waals surface area contributed by atoms with Gasteiger partial charge in [-0.15, -0.1) is 11.3 Å². The maximum absolute atomic E-state index is 12.7. The number of amides is 1. The Bertz CT molecular complexity index is 982. The molecule has 1 aromatic heterocycles. The number of sulfone groups is 1. The number of methoxy groups -OCH3 is 1. The lowest BCUT2D eigenvalue weighted by Crippen LogP contribution is -2.54. The number of ether oxygens (including phenoxy) is 1. The summed E-state index contributed by atoms with van der Waals surface area (Å²) in [6, 6.07) is 8.01. The van der Waals surface area contributed by atoms with E-state index >= 15 is 0 Å². The summed E-state index contributed by atoms with van der Waals surface area (Å²) >= 11 is 1.47. The Hall–Kier alpha value is -2.26. The molecule has 0 radical (unpaired) electrons. The molecule has 2 heterocycles. The number of aromatic nitrogens is 1. The number of benzene rings is 1. The van der Waals surface area contributed by atoms with Gasteiger partial charge in [-0.05, 0) is 19.8 Å². The average Bonchev–Trinajstić information content (AvgIpc) is 3.13. The maximum Gasteiger partial charge on any atom is 0.307 e. The summed E-state index contributed by atoms with van der Waals surface area (Å²) in [7, 11) is -1.86. The van der Waals surface area contributed by atoms with E-state index in [0.717, 1.165) is 16.1 Å². The molecule has 0 spiro atoms. The van der Waals surface area contributed by atoms with E-state index in [1.807, 2.05) is 36.6 Å². The summed E-state index contributed by atoms with van der Waals surface area (Å²) in [5.74, 6) is -0.870. The number of carbonyl (C=O) groups excluding carboxylic acids is 2. The molecule has 7 nitrogen and oxygen atoms in total. The quantitative estimate of drug-likeness (QED) is 0.697. The topological polar surface area (TPSA) is 102 Å². The van der Waals surface area contributed by atoms with Crippen molar-refractivity contribution in [3.63, 3.8) is 0 Å². The molecule has 1 aliphatic rings. The number of thiazole rings is 1. The summed E-state index contributed by atoms with van der Waals surface area (Å²) in [6.45, 7) is 2.02. The highest BCUT2D eigenvalue weighted by Crippen LogP contribution is 2.28. The predicted octanol–water partition coefficient (Wildman–Crippen LogP) is 2.29. The minimum Gasteiger partial charge on any atom is -0.469 e. The fourth-order valence-electron chi connectivity index (χ4n) is 3.34. The molecule has 0 saturated carbocycles. The molecular weight excluding hydrogens is 412 g/mol. The number of carbonyl (C=O) groups is 2. The number of hydrogen-bond acceptors (Lipinski definition) is 7. The average molecular weight is 437 g/mol. The molecule has 1 aromatic carbocycles. The molecule has 0 aliphatic carbocycles. The molecule has 156 valence electrons. The van der Waals surface area contributed by atoms with E-state index in [1.165, 1.54) is 18.4 Å². The fourth-order valence-corrected chi connectivity index (χ4v) is 5.78. The molecule has 0 bridgehead atoms. The Labute approximate surface area is 174 Å². The lowest BCUT2D eigenvalue weighted by Gasteiger charge is -2.37. The van der Waals surface area contributed by atoms with Gasteiger partial charge in [-0.25, -0.2) is 13.4 Å². The van der Waals surface area contributed by atoms with E-state index in [-0.39, 0.29) is 43.1 Å². The van der Waals surface area contributed by atoms with E-state index in [1.54, 1.807) is 0 Å². The van der Waals surface area contributed by atoms with Crippen LogP contribution >= 0.6 is 11.3 Å². The fraction of sp³-hybridized carbons (Fsp3) is 0.450. The van der Waals surface area contributed by atoms with Crippen molar-refractivity contribution < 1.29 is 22.7 Å². The molecule has 1 aliphatic heterocycles. The van der Waals surface area contributed by atoms with Crippen molar-refractivity contribution in [2.75, 3.05) is 18.6 Å². The third-order valence-electron chi connectivity index (χ3n) is 5.09. The zero-order chi connectivity index (χ0) is 21.1. The highest BCUT2D eigenvalue weighted by molar-refractivity contribution is 7.91. The predicted molar refractivity (Wildman–Crippen MR) is 111 cm³/mol. The van der Waals surface area contributed by atoms with E-state index in [9.17, 15) is 18.0 Å². The van der Waals surface area contributed by atoms with Crippen molar-refractivity contribution in [2.24, 2.45) is 0 Å². The molecular formula is C20H24N2O5S2. The summed E-state index contributed by atoms with van der Waals surface area (Å²) in [5, 5.41) is 5.58. The first kappa shape index (κ1) is 21.4. The van der Waals surface area contributed by atoms with Crippen molar-refractivity contribution in [3.05, 3.63) is 40.9 Å². The van der Waals surface area contributed by atoms with Crippen LogP contribution in [0.3, 0.4) is 0 Å². The first-order chi connectivity index (χ1) is 13.7. The minimum absolute atomic E-state index is 0.0452. The maximum atomic E-state index is 12.7. The Morgan fingerprint density at radius 3 is 2.48 bits per heavy atom. The van der Waals surface area contributed by atoms with Gasteiger partial charge in [-0.3, -0.25) is 9.59 Å². The Kier molecular flexibility index (Phi) is 6.38. The van der Waals surface area contributed by atoms with E-state index in [4.69, 9.17) is 4.74 Å². The van der Waals surface area contributed by atoms with Gasteiger partial charge < -0.3 is 10.1 Å². The zero-order valence-electron chi connectivity index (χ0n) is 16.4. The summed E-state index contributed by atoms with van der Waals surface area (Å²) in [6.07, 6.45) is 0.415. The van der Waals surface area contributed by atoms with Crippen LogP contribution < -0.4 is 5.32 Å². The molecule has 3 rings (SSSR count). The first-order valence-electron chi connectivity index (χ1n) is 9.30. The molecule has 1 N–H and O–H groups in total. The van der Waals surface area contributed by atoms with Crippen molar-refractivity contribution >= 4 is 33.1 Å². The lowest BCUT2D eigenvalue weighted by atomic mass is 9.88. The SMILES string of the molecule is COC(=O)CC1(NC(=O)Cc2csc(-c3ccc(C)cc3)n2)CCS(=O)(=O)CC1. The van der Waals surface area contributed by atoms with Gasteiger partial charge in [0, 0.05) is 10.9 Å². The Morgan fingerprint density at radius 1 is 1.21 bits per heavy atom. The molecule has 0 atom stereocenters. The lowest BCUT2D eigenvalue weighted by molar-refractivity contribution is -0.142. The van der Waals surface area contributed by atoms with Crippen LogP contribution in [0.4, 0.5) is 0 Å². The van der Waals surface area contributed by atoms with Crippen LogP contribution in [0.5, 0.6) is 0 Å². The van der Waals surface area contributed by atoms with Crippen LogP contribution in [-0.4, -0.2) is 49.4 Å². The van der Waals surface area contributed by atoms with Crippen LogP contribution in [-0.2, 0) is 30.6 Å². The smallest absolute Gasteiger partial charge is 0.307 e. The van der Waals surface area contributed by atoms with Crippen LogP contribution in [0.15, 0.2) is 29.6 Å². The standard InChI is InChI=1S/C20H24N2O5S2/c1-14-3-5-15(6-4-14)19-21-16(13-28-19)11-17(23)22-20(12-18(24)27-2)7-9-29(25,26)10-8-20/h3-6,13H,7-12H2,1-2H3,(H,22,23). The highest BCUT2D eigenvalue weighted by atomic mass is 32.2. The summed E-state index contributed by atoms with van der Waals surface area (Å²) in [4.78, 5) is 29.0. The number of esters is 1. The van der Waals surface area contributed by atoms with Gasteiger partial charge in [0.25, 0.3) is 0 Å². The second-order valence-corrected chi connectivity index (χ2v) is 10.6. The van der Waals surface area contributed by atoms with Gasteiger partial charge in [0.1, 0.15) is 14.8 Å². The number of nitrogens with zero attached hydrogens (tertiary/aromatic N) is 1. The van der Waals surface area contributed by atoms with Crippen LogP contribution in [0, 0.1) is 6.92 Å². The van der Waals surface area contributed by atoms with Crippen molar-refractivity contribution in [1.29, 1.82) is 0 Å². The van der Waals surface area contributed by atoms with Crippen LogP contribution in [0.25, 0.3) is 10.6 Å². The van der Waals surface area contributed by atoms with Crippen molar-refractivity contribution in [2.45, 2.75) is 38.1 Å². The molecule has 1 fully saturated rings. The van der Waals surface area contributed by atoms with Gasteiger partial charge in [0.2, 0.25) is 5.91 Å². The Balaban J connectivity index is 1.69. The molecule has 1 amide bonds. The van der Waals surface area contributed by atoms with E-state index in [2.05, 4.69) is 10.3 Å². The molecule has 29 heavy (non-hydrogen) atoms. The Morgan fingerprint density at radius 2 is 1.86 bits per heavy atom. The molecule has 0 unspecified atom stereocenters. The second kappa shape index (κ2) is 8.62. The highest BCUT2D eigenvalue weighted by Gasteiger charge is 2.40. The third-order valence-corrected chi connectivity index (χ3v) is 7.68. The third kappa shape index (κ3) is 5.63. The number of aryl methyl sites for hydroxylation is 1. The van der Waals surface area contributed by atoms with Gasteiger partial charge in [-0.2, -0.15) is 0 Å². The largest absolute Gasteiger partial charge is 0.469 e. The number of hydrogen-bond donors (Lipinski definition) is 1. The van der Waals surface area contributed by atoms with Crippen LogP contribution in [0.1, 0.15) is 30.5 Å². The minimum atomic E-state index is -3.14.